The second-order valence-corrected chi connectivity index (χ2v) is 4.99. The van der Waals surface area contributed by atoms with Crippen molar-refractivity contribution in [2.45, 2.75) is 13.0 Å². The molecule has 0 heterocycles. The molecule has 0 atom stereocenters. The molecule has 3 nitrogen and oxygen atoms in total. The van der Waals surface area contributed by atoms with Crippen molar-refractivity contribution in [2.75, 3.05) is 20.3 Å². The van der Waals surface area contributed by atoms with Gasteiger partial charge in [-0.3, -0.25) is 0 Å². The second kappa shape index (κ2) is 10.7. The van der Waals surface area contributed by atoms with Gasteiger partial charge >= 0.3 is 0 Å². The Morgan fingerprint density at radius 2 is 1.83 bits per heavy atom. The third kappa shape index (κ3) is 6.35. The summed E-state index contributed by atoms with van der Waals surface area (Å²) in [5.74, 6) is 1.55. The van der Waals surface area contributed by atoms with Crippen molar-refractivity contribution in [3.63, 3.8) is 0 Å². The van der Waals surface area contributed by atoms with Crippen molar-refractivity contribution in [3.8, 4) is 11.5 Å². The Morgan fingerprint density at radius 1 is 1.04 bits per heavy atom. The van der Waals surface area contributed by atoms with Gasteiger partial charge in [-0.25, -0.2) is 0 Å². The second-order valence-electron chi connectivity index (χ2n) is 4.99. The Kier molecular flexibility index (Phi) is 8.88. The molecule has 0 saturated carbocycles. The lowest BCUT2D eigenvalue weighted by atomic mass is 10.1. The predicted molar refractivity (Wildman–Crippen MR) is 97.8 cm³/mol. The van der Waals surface area contributed by atoms with Crippen LogP contribution in [0.2, 0.25) is 0 Å². The molecule has 0 amide bonds. The SMILES string of the molecule is C=CCNCc1ccc(OCCc2ccccc2)c(OC)c1.Cl. The van der Waals surface area contributed by atoms with Gasteiger partial charge in [0.25, 0.3) is 0 Å². The normalized spacial score (nSPS) is 9.78. The summed E-state index contributed by atoms with van der Waals surface area (Å²) in [6.07, 6.45) is 2.73. The van der Waals surface area contributed by atoms with Crippen molar-refractivity contribution in [2.24, 2.45) is 0 Å². The fourth-order valence-corrected chi connectivity index (χ4v) is 2.18. The minimum absolute atomic E-state index is 0. The van der Waals surface area contributed by atoms with Crippen LogP contribution in [0.1, 0.15) is 11.1 Å². The number of ether oxygens (including phenoxy) is 2. The molecule has 0 unspecified atom stereocenters. The molecule has 0 spiro atoms. The zero-order chi connectivity index (χ0) is 15.6. The van der Waals surface area contributed by atoms with E-state index in [4.69, 9.17) is 9.47 Å². The molecule has 0 saturated heterocycles. The molecule has 1 N–H and O–H groups in total. The quantitative estimate of drug-likeness (QED) is 0.555. The van der Waals surface area contributed by atoms with Gasteiger partial charge in [0.15, 0.2) is 11.5 Å². The summed E-state index contributed by atoms with van der Waals surface area (Å²) >= 11 is 0. The van der Waals surface area contributed by atoms with Gasteiger partial charge in [-0.2, -0.15) is 0 Å². The number of hydrogen-bond acceptors (Lipinski definition) is 3. The fraction of sp³-hybridized carbons (Fsp3) is 0.263. The third-order valence-electron chi connectivity index (χ3n) is 3.34. The number of methoxy groups -OCH3 is 1. The lowest BCUT2D eigenvalue weighted by Gasteiger charge is -2.12. The molecule has 124 valence electrons. The van der Waals surface area contributed by atoms with E-state index in [0.29, 0.717) is 6.61 Å². The van der Waals surface area contributed by atoms with E-state index in [-0.39, 0.29) is 12.4 Å². The molecular formula is C19H24ClNO2. The molecule has 0 fully saturated rings. The van der Waals surface area contributed by atoms with E-state index in [0.717, 1.165) is 36.6 Å². The molecule has 2 aromatic rings. The lowest BCUT2D eigenvalue weighted by Crippen LogP contribution is -2.12. The minimum atomic E-state index is 0. The summed E-state index contributed by atoms with van der Waals surface area (Å²) in [6, 6.07) is 16.3. The van der Waals surface area contributed by atoms with Crippen LogP contribution in [-0.4, -0.2) is 20.3 Å². The number of halogens is 1. The van der Waals surface area contributed by atoms with Gasteiger partial charge in [0.2, 0.25) is 0 Å². The standard InChI is InChI=1S/C19H23NO2.ClH/c1-3-12-20-15-17-9-10-18(19(14-17)21-2)22-13-11-16-7-5-4-6-8-16;/h3-10,14,20H,1,11-13,15H2,2H3;1H. The van der Waals surface area contributed by atoms with E-state index in [9.17, 15) is 0 Å². The van der Waals surface area contributed by atoms with E-state index in [1.165, 1.54) is 5.56 Å². The summed E-state index contributed by atoms with van der Waals surface area (Å²) in [7, 11) is 1.67. The molecule has 0 radical (unpaired) electrons. The van der Waals surface area contributed by atoms with Crippen molar-refractivity contribution < 1.29 is 9.47 Å². The van der Waals surface area contributed by atoms with E-state index < -0.39 is 0 Å². The lowest BCUT2D eigenvalue weighted by molar-refractivity contribution is 0.297. The highest BCUT2D eigenvalue weighted by molar-refractivity contribution is 5.85. The first-order chi connectivity index (χ1) is 10.8. The molecule has 0 aliphatic heterocycles. The molecule has 0 bridgehead atoms. The van der Waals surface area contributed by atoms with Crippen LogP contribution in [0.4, 0.5) is 0 Å². The average molecular weight is 334 g/mol. The van der Waals surface area contributed by atoms with Crippen LogP contribution in [0.3, 0.4) is 0 Å². The van der Waals surface area contributed by atoms with Crippen LogP contribution in [-0.2, 0) is 13.0 Å². The van der Waals surface area contributed by atoms with Gasteiger partial charge in [-0.1, -0.05) is 42.5 Å². The van der Waals surface area contributed by atoms with Crippen LogP contribution in [0, 0.1) is 0 Å². The zero-order valence-corrected chi connectivity index (χ0v) is 14.3. The fourth-order valence-electron chi connectivity index (χ4n) is 2.18. The smallest absolute Gasteiger partial charge is 0.161 e. The maximum absolute atomic E-state index is 5.85. The summed E-state index contributed by atoms with van der Waals surface area (Å²) in [5, 5.41) is 3.27. The van der Waals surface area contributed by atoms with Crippen LogP contribution in [0.25, 0.3) is 0 Å². The number of rotatable bonds is 9. The molecule has 0 aromatic heterocycles. The van der Waals surface area contributed by atoms with Crippen LogP contribution < -0.4 is 14.8 Å². The third-order valence-corrected chi connectivity index (χ3v) is 3.34. The Bertz CT molecular complexity index is 587. The van der Waals surface area contributed by atoms with Gasteiger partial charge < -0.3 is 14.8 Å². The first kappa shape index (κ1) is 19.1. The van der Waals surface area contributed by atoms with Gasteiger partial charge in [0.1, 0.15) is 0 Å². The largest absolute Gasteiger partial charge is 0.493 e. The molecular weight excluding hydrogens is 310 g/mol. The first-order valence-electron chi connectivity index (χ1n) is 7.48. The van der Waals surface area contributed by atoms with Gasteiger partial charge in [-0.05, 0) is 23.3 Å². The van der Waals surface area contributed by atoms with Crippen molar-refractivity contribution in [3.05, 3.63) is 72.3 Å². The zero-order valence-electron chi connectivity index (χ0n) is 13.5. The predicted octanol–water partition coefficient (Wildman–Crippen LogP) is 4.01. The van der Waals surface area contributed by atoms with Gasteiger partial charge in [0.05, 0.1) is 13.7 Å². The first-order valence-corrected chi connectivity index (χ1v) is 7.48. The molecule has 23 heavy (non-hydrogen) atoms. The van der Waals surface area contributed by atoms with E-state index >= 15 is 0 Å². The Balaban J connectivity index is 0.00000264. The molecule has 2 aromatic carbocycles. The van der Waals surface area contributed by atoms with Crippen molar-refractivity contribution >= 4 is 12.4 Å². The number of benzene rings is 2. The summed E-state index contributed by atoms with van der Waals surface area (Å²) in [4.78, 5) is 0. The monoisotopic (exact) mass is 333 g/mol. The Morgan fingerprint density at radius 3 is 2.52 bits per heavy atom. The van der Waals surface area contributed by atoms with Crippen LogP contribution >= 0.6 is 12.4 Å². The average Bonchev–Trinajstić information content (AvgIpc) is 2.57. The van der Waals surface area contributed by atoms with Crippen molar-refractivity contribution in [1.29, 1.82) is 0 Å². The van der Waals surface area contributed by atoms with Crippen LogP contribution in [0.15, 0.2) is 61.2 Å². The van der Waals surface area contributed by atoms with E-state index in [2.05, 4.69) is 30.1 Å². The molecule has 0 aliphatic rings. The highest BCUT2D eigenvalue weighted by atomic mass is 35.5. The van der Waals surface area contributed by atoms with E-state index in [1.54, 1.807) is 7.11 Å². The highest BCUT2D eigenvalue weighted by Crippen LogP contribution is 2.28. The number of hydrogen-bond donors (Lipinski definition) is 1. The highest BCUT2D eigenvalue weighted by Gasteiger charge is 2.06. The van der Waals surface area contributed by atoms with Crippen molar-refractivity contribution in [1.82, 2.24) is 5.32 Å². The number of nitrogens with one attached hydrogen (secondary N) is 1. The van der Waals surface area contributed by atoms with Gasteiger partial charge in [-0.15, -0.1) is 19.0 Å². The van der Waals surface area contributed by atoms with Gasteiger partial charge in [0, 0.05) is 19.5 Å². The maximum Gasteiger partial charge on any atom is 0.161 e. The Labute approximate surface area is 144 Å². The maximum atomic E-state index is 5.85. The molecule has 0 aliphatic carbocycles. The summed E-state index contributed by atoms with van der Waals surface area (Å²) in [5.41, 5.74) is 2.43. The molecule has 2 rings (SSSR count). The Hall–Kier alpha value is -1.97. The molecule has 4 heteroatoms. The summed E-state index contributed by atoms with van der Waals surface area (Å²) in [6.45, 7) is 5.90. The van der Waals surface area contributed by atoms with E-state index in [1.807, 2.05) is 36.4 Å². The summed E-state index contributed by atoms with van der Waals surface area (Å²) < 4.78 is 11.3. The minimum Gasteiger partial charge on any atom is -0.493 e. The van der Waals surface area contributed by atoms with Crippen LogP contribution in [0.5, 0.6) is 11.5 Å². The topological polar surface area (TPSA) is 30.5 Å².